The Kier molecular flexibility index (Phi) is 1.72. The van der Waals surface area contributed by atoms with E-state index in [4.69, 9.17) is 0 Å². The second kappa shape index (κ2) is 2.63. The van der Waals surface area contributed by atoms with Gasteiger partial charge in [0.1, 0.15) is 0 Å². The first-order chi connectivity index (χ1) is 5.76. The molecule has 1 saturated carbocycles. The minimum absolute atomic E-state index is 0.00806. The lowest BCUT2D eigenvalue weighted by molar-refractivity contribution is -0.112. The molecule has 12 heavy (non-hydrogen) atoms. The van der Waals surface area contributed by atoms with Crippen molar-refractivity contribution >= 4 is 17.7 Å². The van der Waals surface area contributed by atoms with Crippen LogP contribution in [0.5, 0.6) is 0 Å². The molecule has 0 atom stereocenters. The number of benzene rings is 1. The minimum atomic E-state index is -0.232. The highest BCUT2D eigenvalue weighted by Gasteiger charge is 2.49. The second-order valence-corrected chi connectivity index (χ2v) is 3.66. The van der Waals surface area contributed by atoms with Crippen molar-refractivity contribution in [2.45, 2.75) is 18.3 Å². The van der Waals surface area contributed by atoms with Gasteiger partial charge in [-0.25, -0.2) is 0 Å². The van der Waals surface area contributed by atoms with Crippen molar-refractivity contribution in [2.24, 2.45) is 0 Å². The first-order valence-electron chi connectivity index (χ1n) is 4.05. The lowest BCUT2D eigenvalue weighted by atomic mass is 9.98. The largest absolute Gasteiger partial charge is 0.286 e. The topological polar surface area (TPSA) is 17.1 Å². The molecule has 1 aromatic rings. The summed E-state index contributed by atoms with van der Waals surface area (Å²) in [5.41, 5.74) is 0.884. The monoisotopic (exact) mass is 178 g/mol. The third-order valence-electron chi connectivity index (χ3n) is 2.49. The molecule has 0 bridgehead atoms. The summed E-state index contributed by atoms with van der Waals surface area (Å²) in [7, 11) is 0. The summed E-state index contributed by atoms with van der Waals surface area (Å²) >= 11 is 3.91. The summed E-state index contributed by atoms with van der Waals surface area (Å²) in [6.07, 6.45) is 1.92. The van der Waals surface area contributed by atoms with Gasteiger partial charge in [0.25, 0.3) is 0 Å². The molecule has 0 N–H and O–H groups in total. The van der Waals surface area contributed by atoms with Gasteiger partial charge in [0, 0.05) is 0 Å². The van der Waals surface area contributed by atoms with Gasteiger partial charge in [-0.05, 0) is 18.4 Å². The van der Waals surface area contributed by atoms with Crippen molar-refractivity contribution in [3.8, 4) is 0 Å². The van der Waals surface area contributed by atoms with E-state index in [1.54, 1.807) is 0 Å². The molecule has 1 nitrogen and oxygen atoms in total. The van der Waals surface area contributed by atoms with Crippen molar-refractivity contribution in [1.82, 2.24) is 0 Å². The smallest absolute Gasteiger partial charge is 0.196 e. The summed E-state index contributed by atoms with van der Waals surface area (Å²) < 4.78 is 0. The Hall–Kier alpha value is -0.760. The van der Waals surface area contributed by atoms with Gasteiger partial charge in [-0.15, -0.1) is 12.6 Å². The van der Waals surface area contributed by atoms with E-state index in [0.29, 0.717) is 0 Å². The highest BCUT2D eigenvalue weighted by Crippen LogP contribution is 2.49. The Balaban J connectivity index is 2.37. The lowest BCUT2D eigenvalue weighted by Crippen LogP contribution is -2.14. The summed E-state index contributed by atoms with van der Waals surface area (Å²) in [4.78, 5) is 11.2. The van der Waals surface area contributed by atoms with E-state index in [0.717, 1.165) is 18.4 Å². The van der Waals surface area contributed by atoms with Gasteiger partial charge >= 0.3 is 0 Å². The van der Waals surface area contributed by atoms with Gasteiger partial charge in [-0.3, -0.25) is 4.79 Å². The molecule has 0 amide bonds. The molecule has 1 fully saturated rings. The predicted octanol–water partition coefficient (Wildman–Crippen LogP) is 2.17. The van der Waals surface area contributed by atoms with Crippen molar-refractivity contribution < 1.29 is 4.79 Å². The van der Waals surface area contributed by atoms with Crippen LogP contribution in [-0.4, -0.2) is 5.12 Å². The fraction of sp³-hybridized carbons (Fsp3) is 0.300. The first-order valence-corrected chi connectivity index (χ1v) is 4.49. The Morgan fingerprint density at radius 1 is 1.25 bits per heavy atom. The van der Waals surface area contributed by atoms with Crippen LogP contribution in [0.1, 0.15) is 18.4 Å². The van der Waals surface area contributed by atoms with E-state index in [1.807, 2.05) is 30.3 Å². The highest BCUT2D eigenvalue weighted by molar-refractivity contribution is 7.96. The van der Waals surface area contributed by atoms with Gasteiger partial charge < -0.3 is 0 Å². The van der Waals surface area contributed by atoms with Gasteiger partial charge in [0.15, 0.2) is 5.12 Å². The first kappa shape index (κ1) is 7.87. The molecule has 2 heteroatoms. The van der Waals surface area contributed by atoms with Crippen LogP contribution in [0.15, 0.2) is 30.3 Å². The van der Waals surface area contributed by atoms with E-state index in [-0.39, 0.29) is 10.5 Å². The summed E-state index contributed by atoms with van der Waals surface area (Å²) in [6, 6.07) is 9.89. The van der Waals surface area contributed by atoms with Crippen molar-refractivity contribution in [3.63, 3.8) is 0 Å². The molecular formula is C10H10OS. The molecule has 0 unspecified atom stereocenters. The average Bonchev–Trinajstić information content (AvgIpc) is 2.86. The maximum atomic E-state index is 11.2. The molecule has 0 saturated heterocycles. The average molecular weight is 178 g/mol. The number of rotatable bonds is 2. The molecule has 0 aromatic heterocycles. The SMILES string of the molecule is O=C(S)C1(c2ccccc2)CC1. The highest BCUT2D eigenvalue weighted by atomic mass is 32.1. The third-order valence-corrected chi connectivity index (χ3v) is 2.91. The zero-order chi connectivity index (χ0) is 8.60. The summed E-state index contributed by atoms with van der Waals surface area (Å²) in [6.45, 7) is 0. The quantitative estimate of drug-likeness (QED) is 0.687. The number of carbonyl (C=O) groups is 1. The van der Waals surface area contributed by atoms with E-state index in [9.17, 15) is 4.79 Å². The van der Waals surface area contributed by atoms with Crippen molar-refractivity contribution in [2.75, 3.05) is 0 Å². The Morgan fingerprint density at radius 2 is 1.83 bits per heavy atom. The van der Waals surface area contributed by atoms with E-state index in [2.05, 4.69) is 12.6 Å². The molecule has 1 aliphatic carbocycles. The zero-order valence-electron chi connectivity index (χ0n) is 6.66. The Labute approximate surface area is 77.2 Å². The maximum absolute atomic E-state index is 11.2. The van der Waals surface area contributed by atoms with E-state index in [1.165, 1.54) is 0 Å². The zero-order valence-corrected chi connectivity index (χ0v) is 7.55. The Morgan fingerprint density at radius 3 is 2.25 bits per heavy atom. The van der Waals surface area contributed by atoms with Crippen LogP contribution < -0.4 is 0 Å². The predicted molar refractivity (Wildman–Crippen MR) is 51.3 cm³/mol. The van der Waals surface area contributed by atoms with Crippen LogP contribution in [0.2, 0.25) is 0 Å². The normalized spacial score (nSPS) is 18.8. The van der Waals surface area contributed by atoms with Crippen LogP contribution in [0, 0.1) is 0 Å². The van der Waals surface area contributed by atoms with Crippen LogP contribution >= 0.6 is 12.6 Å². The van der Waals surface area contributed by atoms with Crippen LogP contribution in [0.25, 0.3) is 0 Å². The standard InChI is InChI=1S/C10H10OS/c11-9(12)10(6-7-10)8-4-2-1-3-5-8/h1-5H,6-7H2,(H,11,12). The van der Waals surface area contributed by atoms with Crippen LogP contribution in [0.4, 0.5) is 0 Å². The molecule has 0 aliphatic heterocycles. The number of hydrogen-bond donors (Lipinski definition) is 1. The summed E-state index contributed by atoms with van der Waals surface area (Å²) in [5.74, 6) is 0. The van der Waals surface area contributed by atoms with E-state index >= 15 is 0 Å². The van der Waals surface area contributed by atoms with Crippen LogP contribution in [-0.2, 0) is 10.2 Å². The van der Waals surface area contributed by atoms with Crippen molar-refractivity contribution in [1.29, 1.82) is 0 Å². The maximum Gasteiger partial charge on any atom is 0.196 e. The van der Waals surface area contributed by atoms with Crippen molar-refractivity contribution in [3.05, 3.63) is 35.9 Å². The lowest BCUT2D eigenvalue weighted by Gasteiger charge is -2.09. The molecule has 1 aliphatic rings. The van der Waals surface area contributed by atoms with Gasteiger partial charge in [-0.1, -0.05) is 30.3 Å². The van der Waals surface area contributed by atoms with Gasteiger partial charge in [0.2, 0.25) is 0 Å². The number of thiol groups is 1. The number of carbonyl (C=O) groups excluding carboxylic acids is 1. The van der Waals surface area contributed by atoms with Gasteiger partial charge in [-0.2, -0.15) is 0 Å². The van der Waals surface area contributed by atoms with Crippen LogP contribution in [0.3, 0.4) is 0 Å². The summed E-state index contributed by atoms with van der Waals surface area (Å²) in [5, 5.41) is 0.00806. The minimum Gasteiger partial charge on any atom is -0.286 e. The third kappa shape index (κ3) is 1.07. The fourth-order valence-electron chi connectivity index (χ4n) is 1.51. The van der Waals surface area contributed by atoms with Gasteiger partial charge in [0.05, 0.1) is 5.41 Å². The fourth-order valence-corrected chi connectivity index (χ4v) is 1.86. The molecular weight excluding hydrogens is 168 g/mol. The molecule has 0 heterocycles. The molecule has 0 radical (unpaired) electrons. The molecule has 62 valence electrons. The Bertz CT molecular complexity index is 301. The number of hydrogen-bond acceptors (Lipinski definition) is 1. The second-order valence-electron chi connectivity index (χ2n) is 3.25. The molecule has 2 rings (SSSR count). The molecule has 0 spiro atoms. The van der Waals surface area contributed by atoms with E-state index < -0.39 is 0 Å². The molecule has 1 aromatic carbocycles.